The SMILES string of the molecule is O=c1c2cnc3ccccc3c2ncn1CCN1CCN(c2cccc(C(F)(F)F)c2)CC1. The van der Waals surface area contributed by atoms with Crippen molar-refractivity contribution in [1.82, 2.24) is 19.4 Å². The first kappa shape index (κ1) is 21.4. The van der Waals surface area contributed by atoms with E-state index in [0.29, 0.717) is 55.9 Å². The number of alkyl halides is 3. The lowest BCUT2D eigenvalue weighted by Crippen LogP contribution is -2.47. The van der Waals surface area contributed by atoms with Crippen LogP contribution in [0.25, 0.3) is 21.8 Å². The lowest BCUT2D eigenvalue weighted by molar-refractivity contribution is -0.137. The molecule has 0 radical (unpaired) electrons. The molecule has 1 aliphatic rings. The molecule has 0 saturated carbocycles. The second kappa shape index (κ2) is 8.47. The Bertz CT molecular complexity index is 1360. The molecule has 9 heteroatoms. The summed E-state index contributed by atoms with van der Waals surface area (Å²) in [5.74, 6) is 0. The average Bonchev–Trinajstić information content (AvgIpc) is 2.83. The van der Waals surface area contributed by atoms with Crippen LogP contribution in [0.4, 0.5) is 18.9 Å². The number of fused-ring (bicyclic) bond motifs is 3. The maximum absolute atomic E-state index is 13.0. The normalized spacial score (nSPS) is 15.4. The molecule has 1 fully saturated rings. The van der Waals surface area contributed by atoms with Gasteiger partial charge in [-0.2, -0.15) is 13.2 Å². The van der Waals surface area contributed by atoms with E-state index in [2.05, 4.69) is 14.9 Å². The molecule has 3 heterocycles. The second-order valence-corrected chi connectivity index (χ2v) is 8.16. The van der Waals surface area contributed by atoms with Gasteiger partial charge in [0.1, 0.15) is 0 Å². The predicted molar refractivity (Wildman–Crippen MR) is 121 cm³/mol. The van der Waals surface area contributed by atoms with E-state index in [1.54, 1.807) is 23.2 Å². The summed E-state index contributed by atoms with van der Waals surface area (Å²) in [6.45, 7) is 3.81. The number of pyridine rings is 1. The van der Waals surface area contributed by atoms with Gasteiger partial charge < -0.3 is 4.90 Å². The van der Waals surface area contributed by atoms with E-state index in [-0.39, 0.29) is 5.56 Å². The maximum Gasteiger partial charge on any atom is 0.416 e. The molecule has 0 atom stereocenters. The van der Waals surface area contributed by atoms with E-state index in [0.717, 1.165) is 17.0 Å². The number of benzene rings is 2. The van der Waals surface area contributed by atoms with Crippen molar-refractivity contribution >= 4 is 27.5 Å². The molecule has 0 bridgehead atoms. The molecule has 0 amide bonds. The monoisotopic (exact) mass is 453 g/mol. The van der Waals surface area contributed by atoms with E-state index >= 15 is 0 Å². The van der Waals surface area contributed by atoms with Crippen molar-refractivity contribution in [1.29, 1.82) is 0 Å². The van der Waals surface area contributed by atoms with Crippen LogP contribution in [0.15, 0.2) is 65.8 Å². The number of anilines is 1. The topological polar surface area (TPSA) is 54.3 Å². The number of hydrogen-bond donors (Lipinski definition) is 0. The number of rotatable bonds is 4. The first-order chi connectivity index (χ1) is 15.9. The molecule has 2 aromatic heterocycles. The fourth-order valence-electron chi connectivity index (χ4n) is 4.27. The lowest BCUT2D eigenvalue weighted by Gasteiger charge is -2.36. The smallest absolute Gasteiger partial charge is 0.369 e. The molecular weight excluding hydrogens is 431 g/mol. The van der Waals surface area contributed by atoms with Crippen LogP contribution < -0.4 is 10.5 Å². The Balaban J connectivity index is 1.25. The van der Waals surface area contributed by atoms with Gasteiger partial charge in [-0.05, 0) is 24.3 Å². The van der Waals surface area contributed by atoms with E-state index in [9.17, 15) is 18.0 Å². The number of para-hydroxylation sites is 1. The van der Waals surface area contributed by atoms with Gasteiger partial charge in [0.15, 0.2) is 0 Å². The molecule has 0 unspecified atom stereocenters. The van der Waals surface area contributed by atoms with Crippen molar-refractivity contribution < 1.29 is 13.2 Å². The number of halogens is 3. The van der Waals surface area contributed by atoms with E-state index in [1.807, 2.05) is 29.2 Å². The van der Waals surface area contributed by atoms with Gasteiger partial charge in [-0.15, -0.1) is 0 Å². The Morgan fingerprint density at radius 1 is 0.879 bits per heavy atom. The Kier molecular flexibility index (Phi) is 5.49. The number of piperazine rings is 1. The number of nitrogens with zero attached hydrogens (tertiary/aromatic N) is 5. The highest BCUT2D eigenvalue weighted by molar-refractivity contribution is 6.02. The Hall–Kier alpha value is -3.46. The summed E-state index contributed by atoms with van der Waals surface area (Å²) in [4.78, 5) is 26.0. The summed E-state index contributed by atoms with van der Waals surface area (Å²) in [6, 6.07) is 13.0. The summed E-state index contributed by atoms with van der Waals surface area (Å²) in [5.41, 5.74) is 1.28. The van der Waals surface area contributed by atoms with Gasteiger partial charge in [0.25, 0.3) is 5.56 Å². The zero-order valence-corrected chi connectivity index (χ0v) is 17.8. The molecule has 0 spiro atoms. The minimum atomic E-state index is -4.35. The standard InChI is InChI=1S/C24H22F3N5O/c25-24(26,27)17-4-3-5-18(14-17)31-11-8-30(9-12-31)10-13-32-16-29-22-19-6-1-2-7-21(19)28-15-20(22)23(32)33/h1-7,14-16H,8-13H2. The van der Waals surface area contributed by atoms with E-state index < -0.39 is 11.7 Å². The minimum absolute atomic E-state index is 0.124. The van der Waals surface area contributed by atoms with Gasteiger partial charge in [0, 0.05) is 56.5 Å². The quantitative estimate of drug-likeness (QED) is 0.440. The molecule has 1 aliphatic heterocycles. The molecule has 0 N–H and O–H groups in total. The first-order valence-corrected chi connectivity index (χ1v) is 10.8. The van der Waals surface area contributed by atoms with Crippen molar-refractivity contribution in [2.75, 3.05) is 37.6 Å². The van der Waals surface area contributed by atoms with Crippen LogP contribution in [-0.2, 0) is 12.7 Å². The van der Waals surface area contributed by atoms with Crippen molar-refractivity contribution in [3.05, 3.63) is 77.0 Å². The summed E-state index contributed by atoms with van der Waals surface area (Å²) in [7, 11) is 0. The fraction of sp³-hybridized carbons (Fsp3) is 0.292. The first-order valence-electron chi connectivity index (χ1n) is 10.8. The van der Waals surface area contributed by atoms with Crippen LogP contribution in [0.1, 0.15) is 5.56 Å². The largest absolute Gasteiger partial charge is 0.416 e. The van der Waals surface area contributed by atoms with Crippen LogP contribution in [0, 0.1) is 0 Å². The van der Waals surface area contributed by atoms with Crippen LogP contribution in [0.2, 0.25) is 0 Å². The summed E-state index contributed by atoms with van der Waals surface area (Å²) in [6.07, 6.45) is -1.19. The number of hydrogen-bond acceptors (Lipinski definition) is 5. The van der Waals surface area contributed by atoms with Crippen LogP contribution in [0.5, 0.6) is 0 Å². The zero-order valence-electron chi connectivity index (χ0n) is 17.8. The van der Waals surface area contributed by atoms with Gasteiger partial charge in [-0.3, -0.25) is 19.2 Å². The molecular formula is C24H22F3N5O. The van der Waals surface area contributed by atoms with Crippen molar-refractivity contribution in [2.24, 2.45) is 0 Å². The van der Waals surface area contributed by atoms with Gasteiger partial charge in [0.05, 0.1) is 28.3 Å². The fourth-order valence-corrected chi connectivity index (χ4v) is 4.27. The van der Waals surface area contributed by atoms with Crippen LogP contribution in [-0.4, -0.2) is 52.2 Å². The molecule has 6 nitrogen and oxygen atoms in total. The lowest BCUT2D eigenvalue weighted by atomic mass is 10.1. The van der Waals surface area contributed by atoms with E-state index in [4.69, 9.17) is 0 Å². The minimum Gasteiger partial charge on any atom is -0.369 e. The van der Waals surface area contributed by atoms with Gasteiger partial charge in [-0.25, -0.2) is 4.98 Å². The highest BCUT2D eigenvalue weighted by Gasteiger charge is 2.31. The zero-order chi connectivity index (χ0) is 23.0. The van der Waals surface area contributed by atoms with Crippen LogP contribution in [0.3, 0.4) is 0 Å². The molecule has 170 valence electrons. The highest BCUT2D eigenvalue weighted by Crippen LogP contribution is 2.31. The Morgan fingerprint density at radius 3 is 2.45 bits per heavy atom. The van der Waals surface area contributed by atoms with Gasteiger partial charge >= 0.3 is 6.18 Å². The highest BCUT2D eigenvalue weighted by atomic mass is 19.4. The summed E-state index contributed by atoms with van der Waals surface area (Å²) in [5, 5.41) is 1.34. The predicted octanol–water partition coefficient (Wildman–Crippen LogP) is 3.79. The van der Waals surface area contributed by atoms with E-state index in [1.165, 1.54) is 12.1 Å². The Morgan fingerprint density at radius 2 is 1.67 bits per heavy atom. The molecule has 0 aliphatic carbocycles. The van der Waals surface area contributed by atoms with Crippen molar-refractivity contribution in [3.8, 4) is 0 Å². The Labute approximate surface area is 187 Å². The molecule has 1 saturated heterocycles. The number of aromatic nitrogens is 3. The molecule has 33 heavy (non-hydrogen) atoms. The summed E-state index contributed by atoms with van der Waals surface area (Å²) < 4.78 is 40.6. The third-order valence-electron chi connectivity index (χ3n) is 6.13. The molecule has 4 aromatic rings. The average molecular weight is 453 g/mol. The second-order valence-electron chi connectivity index (χ2n) is 8.16. The maximum atomic E-state index is 13.0. The van der Waals surface area contributed by atoms with Crippen LogP contribution >= 0.6 is 0 Å². The molecule has 5 rings (SSSR count). The third-order valence-corrected chi connectivity index (χ3v) is 6.13. The van der Waals surface area contributed by atoms with Gasteiger partial charge in [0.2, 0.25) is 0 Å². The molecule has 2 aromatic carbocycles. The summed E-state index contributed by atoms with van der Waals surface area (Å²) >= 11 is 0. The third kappa shape index (κ3) is 4.28. The van der Waals surface area contributed by atoms with Gasteiger partial charge in [-0.1, -0.05) is 24.3 Å². The van der Waals surface area contributed by atoms with Crippen molar-refractivity contribution in [2.45, 2.75) is 12.7 Å². The van der Waals surface area contributed by atoms with Crippen molar-refractivity contribution in [3.63, 3.8) is 0 Å².